The summed E-state index contributed by atoms with van der Waals surface area (Å²) >= 11 is 3.54. The standard InChI is InChI=1S/C10H18BrN3O/c1-4-8-10(11)9(14(3)13-8)6-12-5-7(2)15/h7,12,15H,4-6H2,1-3H3. The number of halogens is 1. The fourth-order valence-electron chi connectivity index (χ4n) is 1.41. The molecule has 2 N–H and O–H groups in total. The van der Waals surface area contributed by atoms with E-state index in [0.29, 0.717) is 6.54 Å². The lowest BCUT2D eigenvalue weighted by Crippen LogP contribution is -2.25. The minimum atomic E-state index is -0.317. The average molecular weight is 276 g/mol. The minimum Gasteiger partial charge on any atom is -0.392 e. The molecule has 15 heavy (non-hydrogen) atoms. The van der Waals surface area contributed by atoms with Crippen LogP contribution in [0.1, 0.15) is 25.2 Å². The number of aliphatic hydroxyl groups is 1. The fourth-order valence-corrected chi connectivity index (χ4v) is 2.17. The van der Waals surface area contributed by atoms with Gasteiger partial charge in [-0.05, 0) is 29.3 Å². The van der Waals surface area contributed by atoms with Crippen LogP contribution in [0.15, 0.2) is 4.47 Å². The Morgan fingerprint density at radius 1 is 1.60 bits per heavy atom. The molecule has 0 saturated carbocycles. The van der Waals surface area contributed by atoms with E-state index < -0.39 is 0 Å². The second-order valence-corrected chi connectivity index (χ2v) is 4.46. The molecule has 0 aliphatic rings. The van der Waals surface area contributed by atoms with Crippen molar-refractivity contribution in [1.29, 1.82) is 0 Å². The predicted octanol–water partition coefficient (Wildman–Crippen LogP) is 1.22. The van der Waals surface area contributed by atoms with Crippen LogP contribution in [0, 0.1) is 0 Å². The van der Waals surface area contributed by atoms with Crippen molar-refractivity contribution in [3.8, 4) is 0 Å². The van der Waals surface area contributed by atoms with Gasteiger partial charge in [-0.2, -0.15) is 5.10 Å². The van der Waals surface area contributed by atoms with E-state index in [-0.39, 0.29) is 6.10 Å². The molecule has 0 radical (unpaired) electrons. The molecule has 0 spiro atoms. The Hall–Kier alpha value is -0.390. The summed E-state index contributed by atoms with van der Waals surface area (Å²) in [4.78, 5) is 0. The quantitative estimate of drug-likeness (QED) is 0.850. The van der Waals surface area contributed by atoms with Crippen molar-refractivity contribution in [2.45, 2.75) is 32.9 Å². The molecule has 0 fully saturated rings. The topological polar surface area (TPSA) is 50.1 Å². The molecule has 0 aliphatic carbocycles. The summed E-state index contributed by atoms with van der Waals surface area (Å²) in [7, 11) is 1.93. The molecular formula is C10H18BrN3O. The Bertz CT molecular complexity index is 323. The van der Waals surface area contributed by atoms with Gasteiger partial charge in [0.1, 0.15) is 0 Å². The largest absolute Gasteiger partial charge is 0.392 e. The highest BCUT2D eigenvalue weighted by Crippen LogP contribution is 2.21. The molecule has 1 aromatic rings. The Morgan fingerprint density at radius 3 is 2.73 bits per heavy atom. The van der Waals surface area contributed by atoms with E-state index in [0.717, 1.165) is 28.8 Å². The zero-order valence-electron chi connectivity index (χ0n) is 9.42. The minimum absolute atomic E-state index is 0.317. The zero-order chi connectivity index (χ0) is 11.4. The van der Waals surface area contributed by atoms with Crippen molar-refractivity contribution >= 4 is 15.9 Å². The van der Waals surface area contributed by atoms with Gasteiger partial charge in [0.05, 0.1) is 22.0 Å². The molecule has 0 aromatic carbocycles. The Kier molecular flexibility index (Phi) is 4.76. The summed E-state index contributed by atoms with van der Waals surface area (Å²) < 4.78 is 2.95. The summed E-state index contributed by atoms with van der Waals surface area (Å²) in [5.74, 6) is 0. The lowest BCUT2D eigenvalue weighted by atomic mass is 10.3. The third kappa shape index (κ3) is 3.29. The van der Waals surface area contributed by atoms with Gasteiger partial charge in [0.2, 0.25) is 0 Å². The van der Waals surface area contributed by atoms with Crippen LogP contribution in [-0.4, -0.2) is 27.5 Å². The molecular weight excluding hydrogens is 258 g/mol. The molecule has 4 nitrogen and oxygen atoms in total. The smallest absolute Gasteiger partial charge is 0.0767 e. The van der Waals surface area contributed by atoms with Gasteiger partial charge in [-0.1, -0.05) is 6.92 Å². The molecule has 0 amide bonds. The molecule has 1 atom stereocenters. The summed E-state index contributed by atoms with van der Waals surface area (Å²) in [6.45, 7) is 5.16. The van der Waals surface area contributed by atoms with Crippen molar-refractivity contribution < 1.29 is 5.11 Å². The molecule has 0 saturated heterocycles. The second-order valence-electron chi connectivity index (χ2n) is 3.66. The monoisotopic (exact) mass is 275 g/mol. The van der Waals surface area contributed by atoms with Gasteiger partial charge in [0, 0.05) is 20.1 Å². The maximum atomic E-state index is 9.12. The Morgan fingerprint density at radius 2 is 2.27 bits per heavy atom. The van der Waals surface area contributed by atoms with E-state index in [1.165, 1.54) is 0 Å². The van der Waals surface area contributed by atoms with Crippen LogP contribution in [0.3, 0.4) is 0 Å². The molecule has 0 bridgehead atoms. The SMILES string of the molecule is CCc1nn(C)c(CNCC(C)O)c1Br. The summed E-state index contributed by atoms with van der Waals surface area (Å²) in [6.07, 6.45) is 0.604. The van der Waals surface area contributed by atoms with Gasteiger partial charge >= 0.3 is 0 Å². The average Bonchev–Trinajstić information content (AvgIpc) is 2.44. The maximum Gasteiger partial charge on any atom is 0.0767 e. The Balaban J connectivity index is 2.64. The van der Waals surface area contributed by atoms with Crippen molar-refractivity contribution in [3.63, 3.8) is 0 Å². The van der Waals surface area contributed by atoms with Gasteiger partial charge in [0.25, 0.3) is 0 Å². The Labute approximate surface area is 98.8 Å². The number of nitrogens with one attached hydrogen (secondary N) is 1. The van der Waals surface area contributed by atoms with Crippen molar-refractivity contribution in [2.75, 3.05) is 6.54 Å². The highest BCUT2D eigenvalue weighted by Gasteiger charge is 2.11. The first kappa shape index (κ1) is 12.7. The highest BCUT2D eigenvalue weighted by molar-refractivity contribution is 9.10. The maximum absolute atomic E-state index is 9.12. The van der Waals surface area contributed by atoms with Crippen LogP contribution in [0.5, 0.6) is 0 Å². The van der Waals surface area contributed by atoms with E-state index in [2.05, 4.69) is 33.3 Å². The lowest BCUT2D eigenvalue weighted by molar-refractivity contribution is 0.190. The van der Waals surface area contributed by atoms with Crippen molar-refractivity contribution in [2.24, 2.45) is 7.05 Å². The number of rotatable bonds is 5. The number of hydrogen-bond acceptors (Lipinski definition) is 3. The van der Waals surface area contributed by atoms with Crippen LogP contribution in [-0.2, 0) is 20.0 Å². The highest BCUT2D eigenvalue weighted by atomic mass is 79.9. The first-order valence-corrected chi connectivity index (χ1v) is 5.94. The molecule has 0 aliphatic heterocycles. The summed E-state index contributed by atoms with van der Waals surface area (Å²) in [6, 6.07) is 0. The fraction of sp³-hybridized carbons (Fsp3) is 0.700. The molecule has 1 heterocycles. The van der Waals surface area contributed by atoms with Gasteiger partial charge in [-0.25, -0.2) is 0 Å². The van der Waals surface area contributed by atoms with Crippen LogP contribution in [0.25, 0.3) is 0 Å². The summed E-state index contributed by atoms with van der Waals surface area (Å²) in [5.41, 5.74) is 2.19. The number of nitrogens with zero attached hydrogens (tertiary/aromatic N) is 2. The number of aromatic nitrogens is 2. The van der Waals surface area contributed by atoms with E-state index in [1.54, 1.807) is 6.92 Å². The van der Waals surface area contributed by atoms with Crippen LogP contribution in [0.2, 0.25) is 0 Å². The molecule has 1 rings (SSSR count). The van der Waals surface area contributed by atoms with Gasteiger partial charge < -0.3 is 10.4 Å². The van der Waals surface area contributed by atoms with E-state index >= 15 is 0 Å². The van der Waals surface area contributed by atoms with Gasteiger partial charge in [0.15, 0.2) is 0 Å². The third-order valence-corrected chi connectivity index (χ3v) is 3.15. The first-order valence-electron chi connectivity index (χ1n) is 5.15. The predicted molar refractivity (Wildman–Crippen MR) is 63.7 cm³/mol. The van der Waals surface area contributed by atoms with E-state index in [1.807, 2.05) is 11.7 Å². The molecule has 1 unspecified atom stereocenters. The molecule has 1 aromatic heterocycles. The van der Waals surface area contributed by atoms with Crippen molar-refractivity contribution in [1.82, 2.24) is 15.1 Å². The summed E-state index contributed by atoms with van der Waals surface area (Å²) in [5, 5.41) is 16.7. The van der Waals surface area contributed by atoms with E-state index in [4.69, 9.17) is 5.11 Å². The van der Waals surface area contributed by atoms with E-state index in [9.17, 15) is 0 Å². The number of aryl methyl sites for hydroxylation is 2. The van der Waals surface area contributed by atoms with Crippen LogP contribution < -0.4 is 5.32 Å². The third-order valence-electron chi connectivity index (χ3n) is 2.24. The number of hydrogen-bond donors (Lipinski definition) is 2. The van der Waals surface area contributed by atoms with Gasteiger partial charge in [-0.15, -0.1) is 0 Å². The first-order chi connectivity index (χ1) is 7.06. The number of aliphatic hydroxyl groups excluding tert-OH is 1. The van der Waals surface area contributed by atoms with Crippen molar-refractivity contribution in [3.05, 3.63) is 15.9 Å². The van der Waals surface area contributed by atoms with Crippen LogP contribution in [0.4, 0.5) is 0 Å². The molecule has 86 valence electrons. The lowest BCUT2D eigenvalue weighted by Gasteiger charge is -2.07. The zero-order valence-corrected chi connectivity index (χ0v) is 11.0. The van der Waals surface area contributed by atoms with Crippen LogP contribution >= 0.6 is 15.9 Å². The second kappa shape index (κ2) is 5.63. The van der Waals surface area contributed by atoms with Gasteiger partial charge in [-0.3, -0.25) is 4.68 Å². The molecule has 5 heteroatoms. The normalized spacial score (nSPS) is 13.1.